The molecule has 5 nitrogen and oxygen atoms in total. The zero-order valence-corrected chi connectivity index (χ0v) is 13.4. The van der Waals surface area contributed by atoms with Crippen molar-refractivity contribution in [3.8, 4) is 0 Å². The van der Waals surface area contributed by atoms with Crippen LogP contribution in [0.3, 0.4) is 0 Å². The molecule has 122 valence electrons. The molecule has 1 unspecified atom stereocenters. The predicted molar refractivity (Wildman–Crippen MR) is 83.2 cm³/mol. The van der Waals surface area contributed by atoms with Gasteiger partial charge in [-0.05, 0) is 25.2 Å². The van der Waals surface area contributed by atoms with Gasteiger partial charge in [-0.1, -0.05) is 46.0 Å². The summed E-state index contributed by atoms with van der Waals surface area (Å²) in [6.45, 7) is 5.21. The molecule has 0 spiro atoms. The second-order valence-corrected chi connectivity index (χ2v) is 6.27. The lowest BCUT2D eigenvalue weighted by Gasteiger charge is -2.24. The average Bonchev–Trinajstić information content (AvgIpc) is 2.95. The lowest BCUT2D eigenvalue weighted by molar-refractivity contribution is -0.148. The second-order valence-electron chi connectivity index (χ2n) is 6.27. The third kappa shape index (κ3) is 5.56. The van der Waals surface area contributed by atoms with Crippen molar-refractivity contribution < 1.29 is 14.7 Å². The number of rotatable bonds is 9. The summed E-state index contributed by atoms with van der Waals surface area (Å²) >= 11 is 0. The van der Waals surface area contributed by atoms with Gasteiger partial charge in [-0.15, -0.1) is 0 Å². The van der Waals surface area contributed by atoms with Crippen LogP contribution in [0.5, 0.6) is 0 Å². The van der Waals surface area contributed by atoms with Crippen molar-refractivity contribution in [2.75, 3.05) is 13.1 Å². The summed E-state index contributed by atoms with van der Waals surface area (Å²) in [5.74, 6) is -0.273. The minimum absolute atomic E-state index is 0.236. The van der Waals surface area contributed by atoms with Crippen LogP contribution in [-0.4, -0.2) is 30.2 Å². The molecule has 1 saturated carbocycles. The van der Waals surface area contributed by atoms with Crippen LogP contribution in [0.1, 0.15) is 65.2 Å². The third-order valence-electron chi connectivity index (χ3n) is 4.70. The van der Waals surface area contributed by atoms with Gasteiger partial charge < -0.3 is 15.7 Å². The first kappa shape index (κ1) is 17.8. The van der Waals surface area contributed by atoms with Crippen LogP contribution in [-0.2, 0) is 4.79 Å². The molecule has 0 aromatic rings. The lowest BCUT2D eigenvalue weighted by atomic mass is 9.86. The SMILES string of the molecule is CCCCC(CC)CNC(=O)NCC1(C(=O)O)CCCC1. The van der Waals surface area contributed by atoms with Crippen LogP contribution >= 0.6 is 0 Å². The van der Waals surface area contributed by atoms with Gasteiger partial charge in [0.1, 0.15) is 0 Å². The fourth-order valence-corrected chi connectivity index (χ4v) is 3.01. The highest BCUT2D eigenvalue weighted by Gasteiger charge is 2.41. The van der Waals surface area contributed by atoms with Crippen LogP contribution in [0.2, 0.25) is 0 Å². The van der Waals surface area contributed by atoms with Gasteiger partial charge in [0.15, 0.2) is 0 Å². The Morgan fingerprint density at radius 2 is 1.86 bits per heavy atom. The minimum atomic E-state index is -0.783. The van der Waals surface area contributed by atoms with Gasteiger partial charge in [-0.3, -0.25) is 4.79 Å². The molecule has 0 saturated heterocycles. The third-order valence-corrected chi connectivity index (χ3v) is 4.70. The topological polar surface area (TPSA) is 78.4 Å². The van der Waals surface area contributed by atoms with E-state index in [0.717, 1.165) is 25.7 Å². The number of carboxylic acids is 1. The van der Waals surface area contributed by atoms with Crippen molar-refractivity contribution in [3.63, 3.8) is 0 Å². The monoisotopic (exact) mass is 298 g/mol. The van der Waals surface area contributed by atoms with E-state index in [1.165, 1.54) is 12.8 Å². The van der Waals surface area contributed by atoms with Crippen molar-refractivity contribution in [1.82, 2.24) is 10.6 Å². The molecule has 1 rings (SSSR count). The number of carbonyl (C=O) groups excluding carboxylic acids is 1. The number of nitrogens with one attached hydrogen (secondary N) is 2. The van der Waals surface area contributed by atoms with Crippen LogP contribution < -0.4 is 10.6 Å². The number of carboxylic acid groups (broad SMARTS) is 1. The van der Waals surface area contributed by atoms with Gasteiger partial charge in [0, 0.05) is 13.1 Å². The van der Waals surface area contributed by atoms with Crippen LogP contribution in [0.25, 0.3) is 0 Å². The van der Waals surface area contributed by atoms with E-state index in [-0.39, 0.29) is 12.6 Å². The number of carbonyl (C=O) groups is 2. The molecule has 1 atom stereocenters. The first-order chi connectivity index (χ1) is 10.0. The van der Waals surface area contributed by atoms with Crippen LogP contribution in [0.4, 0.5) is 4.79 Å². The smallest absolute Gasteiger partial charge is 0.314 e. The fourth-order valence-electron chi connectivity index (χ4n) is 3.01. The van der Waals surface area contributed by atoms with E-state index < -0.39 is 11.4 Å². The maximum Gasteiger partial charge on any atom is 0.314 e. The van der Waals surface area contributed by atoms with E-state index >= 15 is 0 Å². The highest BCUT2D eigenvalue weighted by atomic mass is 16.4. The summed E-state index contributed by atoms with van der Waals surface area (Å²) in [5.41, 5.74) is -0.746. The lowest BCUT2D eigenvalue weighted by Crippen LogP contribution is -2.45. The van der Waals surface area contributed by atoms with E-state index in [2.05, 4.69) is 24.5 Å². The van der Waals surface area contributed by atoms with Crippen molar-refractivity contribution in [1.29, 1.82) is 0 Å². The fraction of sp³-hybridized carbons (Fsp3) is 0.875. The second kappa shape index (κ2) is 8.90. The Labute approximate surface area is 127 Å². The molecular weight excluding hydrogens is 268 g/mol. The van der Waals surface area contributed by atoms with Gasteiger partial charge in [-0.2, -0.15) is 0 Å². The molecular formula is C16H30N2O3. The van der Waals surface area contributed by atoms with Gasteiger partial charge >= 0.3 is 12.0 Å². The quantitative estimate of drug-likeness (QED) is 0.612. The maximum absolute atomic E-state index is 11.8. The Morgan fingerprint density at radius 1 is 1.19 bits per heavy atom. The summed E-state index contributed by atoms with van der Waals surface area (Å²) in [4.78, 5) is 23.2. The number of hydrogen-bond acceptors (Lipinski definition) is 2. The summed E-state index contributed by atoms with van der Waals surface area (Å²) in [7, 11) is 0. The molecule has 0 heterocycles. The Morgan fingerprint density at radius 3 is 2.38 bits per heavy atom. The molecule has 0 bridgehead atoms. The number of urea groups is 1. The van der Waals surface area contributed by atoms with Gasteiger partial charge in [0.05, 0.1) is 5.41 Å². The van der Waals surface area contributed by atoms with E-state index in [0.29, 0.717) is 25.3 Å². The molecule has 1 aliphatic carbocycles. The molecule has 1 aliphatic rings. The van der Waals surface area contributed by atoms with Crippen molar-refractivity contribution in [3.05, 3.63) is 0 Å². The summed E-state index contributed by atoms with van der Waals surface area (Å²) < 4.78 is 0. The molecule has 0 radical (unpaired) electrons. The molecule has 5 heteroatoms. The highest BCUT2D eigenvalue weighted by Crippen LogP contribution is 2.37. The first-order valence-corrected chi connectivity index (χ1v) is 8.29. The molecule has 0 aliphatic heterocycles. The number of unbranched alkanes of at least 4 members (excludes halogenated alkanes) is 1. The van der Waals surface area contributed by atoms with Gasteiger partial charge in [-0.25, -0.2) is 4.79 Å². The molecule has 21 heavy (non-hydrogen) atoms. The normalized spacial score (nSPS) is 18.2. The van der Waals surface area contributed by atoms with Crippen molar-refractivity contribution in [2.24, 2.45) is 11.3 Å². The molecule has 0 aromatic heterocycles. The summed E-state index contributed by atoms with van der Waals surface area (Å²) in [5, 5.41) is 15.0. The number of aliphatic carboxylic acids is 1. The summed E-state index contributed by atoms with van der Waals surface area (Å²) in [6.07, 6.45) is 7.74. The number of hydrogen-bond donors (Lipinski definition) is 3. The molecule has 0 aromatic carbocycles. The van der Waals surface area contributed by atoms with E-state index in [1.807, 2.05) is 0 Å². The Bertz CT molecular complexity index is 338. The van der Waals surface area contributed by atoms with E-state index in [4.69, 9.17) is 0 Å². The Kier molecular flexibility index (Phi) is 7.54. The zero-order chi connectivity index (χ0) is 15.7. The highest BCUT2D eigenvalue weighted by molar-refractivity contribution is 5.78. The van der Waals surface area contributed by atoms with Gasteiger partial charge in [0.2, 0.25) is 0 Å². The predicted octanol–water partition coefficient (Wildman–Crippen LogP) is 3.15. The summed E-state index contributed by atoms with van der Waals surface area (Å²) in [6, 6.07) is -0.238. The van der Waals surface area contributed by atoms with Crippen LogP contribution in [0.15, 0.2) is 0 Å². The van der Waals surface area contributed by atoms with Gasteiger partial charge in [0.25, 0.3) is 0 Å². The Balaban J connectivity index is 2.31. The first-order valence-electron chi connectivity index (χ1n) is 8.29. The van der Waals surface area contributed by atoms with Crippen molar-refractivity contribution >= 4 is 12.0 Å². The van der Waals surface area contributed by atoms with Crippen molar-refractivity contribution in [2.45, 2.75) is 65.2 Å². The standard InChI is InChI=1S/C16H30N2O3/c1-3-5-8-13(4-2)11-17-15(21)18-12-16(14(19)20)9-6-7-10-16/h13H,3-12H2,1-2H3,(H,19,20)(H2,17,18,21). The van der Waals surface area contributed by atoms with E-state index in [1.54, 1.807) is 0 Å². The number of amides is 2. The van der Waals surface area contributed by atoms with Crippen LogP contribution in [0, 0.1) is 11.3 Å². The van der Waals surface area contributed by atoms with E-state index in [9.17, 15) is 14.7 Å². The molecule has 1 fully saturated rings. The molecule has 2 amide bonds. The average molecular weight is 298 g/mol. The molecule has 3 N–H and O–H groups in total. The Hall–Kier alpha value is -1.26. The zero-order valence-electron chi connectivity index (χ0n) is 13.4. The minimum Gasteiger partial charge on any atom is -0.481 e. The maximum atomic E-state index is 11.8. The largest absolute Gasteiger partial charge is 0.481 e.